The van der Waals surface area contributed by atoms with Crippen LogP contribution >= 0.6 is 0 Å². The molecule has 44 heavy (non-hydrogen) atoms. The lowest BCUT2D eigenvalue weighted by Crippen LogP contribution is -2.35. The molecule has 7 nitrogen and oxygen atoms in total. The summed E-state index contributed by atoms with van der Waals surface area (Å²) in [5, 5.41) is 11.3. The van der Waals surface area contributed by atoms with Gasteiger partial charge in [-0.1, -0.05) is 84.9 Å². The van der Waals surface area contributed by atoms with Gasteiger partial charge in [0.2, 0.25) is 5.91 Å². The molecule has 2 N–H and O–H groups in total. The Kier molecular flexibility index (Phi) is 10.7. The monoisotopic (exact) mass is 604 g/mol. The third-order valence-electron chi connectivity index (χ3n) is 6.89. The van der Waals surface area contributed by atoms with Crippen LogP contribution in [0.25, 0.3) is 0 Å². The first kappa shape index (κ1) is 31.8. The topological polar surface area (TPSA) is 95.9 Å². The molecule has 0 aliphatic rings. The second-order valence-corrected chi connectivity index (χ2v) is 10.1. The van der Waals surface area contributed by atoms with Gasteiger partial charge >= 0.3 is 12.3 Å². The molecule has 0 aromatic heterocycles. The first-order valence-electron chi connectivity index (χ1n) is 13.9. The average Bonchev–Trinajstić information content (AvgIpc) is 3.00. The van der Waals surface area contributed by atoms with Crippen molar-refractivity contribution in [2.75, 3.05) is 13.1 Å². The van der Waals surface area contributed by atoms with Gasteiger partial charge in [0, 0.05) is 31.1 Å². The number of benzene rings is 4. The molecule has 0 saturated carbocycles. The second-order valence-electron chi connectivity index (χ2n) is 10.1. The van der Waals surface area contributed by atoms with E-state index in [1.807, 2.05) is 60.7 Å². The molecule has 0 unspecified atom stereocenters. The first-order valence-corrected chi connectivity index (χ1v) is 13.9. The van der Waals surface area contributed by atoms with Gasteiger partial charge in [0.1, 0.15) is 5.75 Å². The quantitative estimate of drug-likeness (QED) is 0.190. The molecule has 0 spiro atoms. The van der Waals surface area contributed by atoms with Gasteiger partial charge < -0.3 is 20.1 Å². The lowest BCUT2D eigenvalue weighted by molar-refractivity contribution is -0.274. The summed E-state index contributed by atoms with van der Waals surface area (Å²) in [6, 6.07) is 31.5. The molecule has 4 aromatic rings. The summed E-state index contributed by atoms with van der Waals surface area (Å²) in [7, 11) is 0. The summed E-state index contributed by atoms with van der Waals surface area (Å²) in [6.45, 7) is 0.534. The van der Waals surface area contributed by atoms with Crippen LogP contribution in [0.4, 0.5) is 13.2 Å². The van der Waals surface area contributed by atoms with Crippen molar-refractivity contribution in [2.45, 2.75) is 31.7 Å². The van der Waals surface area contributed by atoms with Crippen molar-refractivity contribution in [3.63, 3.8) is 0 Å². The van der Waals surface area contributed by atoms with E-state index in [9.17, 15) is 27.6 Å². The highest BCUT2D eigenvalue weighted by Gasteiger charge is 2.31. The number of amides is 2. The van der Waals surface area contributed by atoms with Crippen molar-refractivity contribution in [2.24, 2.45) is 0 Å². The Labute approximate surface area is 252 Å². The van der Waals surface area contributed by atoms with E-state index in [2.05, 4.69) is 10.1 Å². The van der Waals surface area contributed by atoms with E-state index in [-0.39, 0.29) is 43.5 Å². The number of carbonyl (C=O) groups excluding carboxylic acids is 2. The van der Waals surface area contributed by atoms with E-state index in [0.717, 1.165) is 16.7 Å². The predicted molar refractivity (Wildman–Crippen MR) is 158 cm³/mol. The van der Waals surface area contributed by atoms with Crippen molar-refractivity contribution in [1.29, 1.82) is 0 Å². The number of hydrogen-bond donors (Lipinski definition) is 2. The van der Waals surface area contributed by atoms with E-state index in [4.69, 9.17) is 5.11 Å². The predicted octanol–water partition coefficient (Wildman–Crippen LogP) is 6.19. The van der Waals surface area contributed by atoms with Crippen LogP contribution in [0.1, 0.15) is 45.0 Å². The van der Waals surface area contributed by atoms with E-state index in [0.29, 0.717) is 17.7 Å². The molecule has 0 bridgehead atoms. The van der Waals surface area contributed by atoms with Gasteiger partial charge in [0.05, 0.1) is 12.8 Å². The zero-order valence-electron chi connectivity index (χ0n) is 23.7. The van der Waals surface area contributed by atoms with Crippen LogP contribution in [-0.4, -0.2) is 47.2 Å². The Morgan fingerprint density at radius 2 is 1.32 bits per heavy atom. The largest absolute Gasteiger partial charge is 0.573 e. The maximum atomic E-state index is 13.8. The standard InChI is InChI=1S/C34H31F3N2O5/c35-34(36,37)44-29-17-13-24(14-18-29)21-31(40)39(22-25-11-15-28(16-12-25)33(43)38-20-19-32(41)42)23-30(26-7-3-1-4-8-26)27-9-5-2-6-10-27/h1-18,30H,19-23H2,(H,38,43)(H,41,42). The zero-order valence-corrected chi connectivity index (χ0v) is 23.7. The Hall–Kier alpha value is -5.12. The number of nitrogens with one attached hydrogen (secondary N) is 1. The minimum absolute atomic E-state index is 0.00185. The van der Waals surface area contributed by atoms with Crippen LogP contribution in [0.3, 0.4) is 0 Å². The normalized spacial score (nSPS) is 11.2. The van der Waals surface area contributed by atoms with E-state index >= 15 is 0 Å². The molecular weight excluding hydrogens is 573 g/mol. The number of carboxylic acids is 1. The smallest absolute Gasteiger partial charge is 0.481 e. The molecule has 0 atom stereocenters. The summed E-state index contributed by atoms with van der Waals surface area (Å²) in [5.41, 5.74) is 3.66. The summed E-state index contributed by atoms with van der Waals surface area (Å²) in [5.74, 6) is -2.19. The SMILES string of the molecule is O=C(O)CCNC(=O)c1ccc(CN(CC(c2ccccc2)c2ccccc2)C(=O)Cc2ccc(OC(F)(F)F)cc2)cc1. The van der Waals surface area contributed by atoms with Crippen LogP contribution in [-0.2, 0) is 22.6 Å². The lowest BCUT2D eigenvalue weighted by Gasteiger charge is -2.29. The Balaban J connectivity index is 1.57. The molecule has 0 fully saturated rings. The summed E-state index contributed by atoms with van der Waals surface area (Å²) in [4.78, 5) is 38.6. The van der Waals surface area contributed by atoms with E-state index in [1.54, 1.807) is 29.2 Å². The Morgan fingerprint density at radius 3 is 1.84 bits per heavy atom. The molecule has 0 saturated heterocycles. The van der Waals surface area contributed by atoms with Crippen LogP contribution in [0, 0.1) is 0 Å². The zero-order chi connectivity index (χ0) is 31.5. The van der Waals surface area contributed by atoms with E-state index < -0.39 is 18.2 Å². The van der Waals surface area contributed by atoms with Crippen molar-refractivity contribution in [3.8, 4) is 5.75 Å². The average molecular weight is 605 g/mol. The fraction of sp³-hybridized carbons (Fsp3) is 0.206. The molecular formula is C34H31F3N2O5. The third-order valence-corrected chi connectivity index (χ3v) is 6.89. The fourth-order valence-electron chi connectivity index (χ4n) is 4.71. The first-order chi connectivity index (χ1) is 21.1. The molecule has 4 aromatic carbocycles. The highest BCUT2D eigenvalue weighted by molar-refractivity contribution is 5.94. The fourth-order valence-corrected chi connectivity index (χ4v) is 4.71. The van der Waals surface area contributed by atoms with Crippen molar-refractivity contribution < 1.29 is 37.4 Å². The Morgan fingerprint density at radius 1 is 0.773 bits per heavy atom. The molecule has 0 radical (unpaired) electrons. The van der Waals surface area contributed by atoms with Gasteiger partial charge in [0.25, 0.3) is 5.91 Å². The van der Waals surface area contributed by atoms with Gasteiger partial charge in [-0.15, -0.1) is 13.2 Å². The maximum absolute atomic E-state index is 13.8. The van der Waals surface area contributed by atoms with Crippen molar-refractivity contribution in [3.05, 3.63) is 137 Å². The van der Waals surface area contributed by atoms with E-state index in [1.165, 1.54) is 24.3 Å². The number of carbonyl (C=O) groups is 3. The number of ether oxygens (including phenoxy) is 1. The lowest BCUT2D eigenvalue weighted by atomic mass is 9.90. The molecule has 228 valence electrons. The molecule has 0 aliphatic carbocycles. The van der Waals surface area contributed by atoms with Crippen LogP contribution < -0.4 is 10.1 Å². The highest BCUT2D eigenvalue weighted by atomic mass is 19.4. The third kappa shape index (κ3) is 9.72. The Bertz CT molecular complexity index is 1490. The maximum Gasteiger partial charge on any atom is 0.573 e. The van der Waals surface area contributed by atoms with Crippen LogP contribution in [0.2, 0.25) is 0 Å². The number of rotatable bonds is 13. The van der Waals surface area contributed by atoms with Crippen molar-refractivity contribution in [1.82, 2.24) is 10.2 Å². The van der Waals surface area contributed by atoms with Gasteiger partial charge in [-0.3, -0.25) is 14.4 Å². The number of halogens is 3. The molecule has 0 heterocycles. The van der Waals surface area contributed by atoms with Gasteiger partial charge in [-0.25, -0.2) is 0 Å². The van der Waals surface area contributed by atoms with Crippen LogP contribution in [0.5, 0.6) is 5.75 Å². The number of hydrogen-bond acceptors (Lipinski definition) is 4. The second kappa shape index (κ2) is 14.9. The number of nitrogens with zero attached hydrogens (tertiary/aromatic N) is 1. The van der Waals surface area contributed by atoms with Gasteiger partial charge in [-0.05, 0) is 46.5 Å². The number of alkyl halides is 3. The van der Waals surface area contributed by atoms with Crippen LogP contribution in [0.15, 0.2) is 109 Å². The summed E-state index contributed by atoms with van der Waals surface area (Å²) in [6.07, 6.45) is -5.05. The minimum Gasteiger partial charge on any atom is -0.481 e. The van der Waals surface area contributed by atoms with Crippen molar-refractivity contribution >= 4 is 17.8 Å². The summed E-state index contributed by atoms with van der Waals surface area (Å²) < 4.78 is 41.7. The van der Waals surface area contributed by atoms with Gasteiger partial charge in [-0.2, -0.15) is 0 Å². The van der Waals surface area contributed by atoms with Gasteiger partial charge in [0.15, 0.2) is 0 Å². The number of carboxylic acid groups (broad SMARTS) is 1. The summed E-state index contributed by atoms with van der Waals surface area (Å²) >= 11 is 0. The highest BCUT2D eigenvalue weighted by Crippen LogP contribution is 2.27. The molecule has 0 aliphatic heterocycles. The number of aliphatic carboxylic acids is 1. The molecule has 10 heteroatoms. The molecule has 4 rings (SSSR count). The molecule has 2 amide bonds. The minimum atomic E-state index is -4.81.